The van der Waals surface area contributed by atoms with E-state index in [0.29, 0.717) is 16.7 Å². The Morgan fingerprint density at radius 2 is 1.71 bits per heavy atom. The number of amides is 1. The third kappa shape index (κ3) is 4.34. The molecule has 1 spiro atoms. The summed E-state index contributed by atoms with van der Waals surface area (Å²) in [6.45, 7) is 5.39. The average molecular weight is 435 g/mol. The van der Waals surface area contributed by atoms with E-state index in [2.05, 4.69) is 10.1 Å². The summed E-state index contributed by atoms with van der Waals surface area (Å²) < 4.78 is 40.1. The smallest absolute Gasteiger partial charge is 0.339 e. The zero-order valence-electron chi connectivity index (χ0n) is 18.1. The highest BCUT2D eigenvalue weighted by molar-refractivity contribution is 5.95. The van der Waals surface area contributed by atoms with E-state index in [0.717, 1.165) is 38.2 Å². The monoisotopic (exact) mass is 434 g/mol. The molecule has 1 saturated heterocycles. The second kappa shape index (κ2) is 8.28. The lowest BCUT2D eigenvalue weighted by Gasteiger charge is -2.44. The van der Waals surface area contributed by atoms with E-state index in [-0.39, 0.29) is 17.6 Å². The van der Waals surface area contributed by atoms with E-state index >= 15 is 0 Å². The molecule has 1 amide bonds. The molecule has 1 saturated carbocycles. The molecule has 8 heteroatoms. The van der Waals surface area contributed by atoms with Crippen molar-refractivity contribution in [1.82, 2.24) is 19.7 Å². The van der Waals surface area contributed by atoms with Crippen molar-refractivity contribution >= 4 is 5.91 Å². The van der Waals surface area contributed by atoms with Crippen LogP contribution in [0, 0.1) is 5.41 Å². The summed E-state index contributed by atoms with van der Waals surface area (Å²) in [6, 6.07) is 2.29. The zero-order valence-corrected chi connectivity index (χ0v) is 18.1. The number of rotatable bonds is 3. The van der Waals surface area contributed by atoms with E-state index in [9.17, 15) is 18.0 Å². The maximum atomic E-state index is 13.3. The first-order valence-electron chi connectivity index (χ1n) is 11.1. The number of carbonyl (C=O) groups is 1. The van der Waals surface area contributed by atoms with Crippen LogP contribution in [0.1, 0.15) is 86.3 Å². The van der Waals surface area contributed by atoms with E-state index in [1.54, 1.807) is 0 Å². The summed E-state index contributed by atoms with van der Waals surface area (Å²) in [5.41, 5.74) is 0.784. The number of halogens is 3. The summed E-state index contributed by atoms with van der Waals surface area (Å²) in [6.07, 6.45) is 6.42. The van der Waals surface area contributed by atoms with Gasteiger partial charge in [-0.25, -0.2) is 9.67 Å². The number of carbonyl (C=O) groups excluding carboxylic acids is 1. The number of hydrogen-bond acceptors (Lipinski definition) is 3. The van der Waals surface area contributed by atoms with Crippen LogP contribution < -0.4 is 0 Å². The number of piperidine rings is 1. The van der Waals surface area contributed by atoms with Gasteiger partial charge in [-0.3, -0.25) is 4.79 Å². The van der Waals surface area contributed by atoms with Crippen molar-refractivity contribution in [1.29, 1.82) is 0 Å². The second-order valence-corrected chi connectivity index (χ2v) is 9.27. The van der Waals surface area contributed by atoms with Crippen LogP contribution in [0.5, 0.6) is 0 Å². The Bertz CT molecular complexity index is 917. The molecule has 0 unspecified atom stereocenters. The molecule has 168 valence electrons. The first kappa shape index (κ1) is 21.8. The molecule has 1 aliphatic carbocycles. The van der Waals surface area contributed by atoms with Gasteiger partial charge >= 0.3 is 6.18 Å². The normalized spacial score (nSPS) is 19.2. The molecule has 0 radical (unpaired) electrons. The van der Waals surface area contributed by atoms with Crippen molar-refractivity contribution in [3.05, 3.63) is 41.3 Å². The van der Waals surface area contributed by atoms with Gasteiger partial charge in [-0.05, 0) is 49.1 Å². The van der Waals surface area contributed by atoms with Crippen LogP contribution in [0.2, 0.25) is 0 Å². The maximum Gasteiger partial charge on any atom is 0.417 e. The fourth-order valence-corrected chi connectivity index (χ4v) is 5.10. The van der Waals surface area contributed by atoms with Crippen LogP contribution >= 0.6 is 0 Å². The second-order valence-electron chi connectivity index (χ2n) is 9.27. The number of pyridine rings is 1. The van der Waals surface area contributed by atoms with Crippen molar-refractivity contribution in [3.8, 4) is 5.82 Å². The number of nitrogens with zero attached hydrogens (tertiary/aromatic N) is 4. The first-order valence-corrected chi connectivity index (χ1v) is 11.1. The Kier molecular flexibility index (Phi) is 5.83. The van der Waals surface area contributed by atoms with Crippen molar-refractivity contribution in [3.63, 3.8) is 0 Å². The molecule has 1 aliphatic heterocycles. The Labute approximate surface area is 180 Å². The fraction of sp³-hybridized carbons (Fsp3) is 0.609. The number of aromatic nitrogens is 3. The third-order valence-corrected chi connectivity index (χ3v) is 6.90. The Balaban J connectivity index is 1.55. The minimum absolute atomic E-state index is 0.0416. The van der Waals surface area contributed by atoms with Crippen LogP contribution in [0.15, 0.2) is 24.5 Å². The predicted molar refractivity (Wildman–Crippen MR) is 111 cm³/mol. The largest absolute Gasteiger partial charge is 0.417 e. The molecular weight excluding hydrogens is 405 g/mol. The van der Waals surface area contributed by atoms with Gasteiger partial charge in [0.2, 0.25) is 0 Å². The van der Waals surface area contributed by atoms with Crippen molar-refractivity contribution in [2.24, 2.45) is 5.41 Å². The number of likely N-dealkylation sites (tertiary alicyclic amines) is 1. The average Bonchev–Trinajstić information content (AvgIpc) is 3.19. The van der Waals surface area contributed by atoms with Crippen molar-refractivity contribution in [2.75, 3.05) is 13.1 Å². The lowest BCUT2D eigenvalue weighted by atomic mass is 9.68. The molecule has 4 rings (SSSR count). The van der Waals surface area contributed by atoms with Crippen LogP contribution in [0.4, 0.5) is 13.2 Å². The fourth-order valence-electron chi connectivity index (χ4n) is 5.10. The Morgan fingerprint density at radius 3 is 2.26 bits per heavy atom. The third-order valence-electron chi connectivity index (χ3n) is 6.90. The SMILES string of the molecule is CC(C)c1c(C(=O)N2CCC3(CCCCC3)CC2)cnn1-c1ccc(C(F)(F)F)cn1. The molecule has 31 heavy (non-hydrogen) atoms. The molecule has 0 bridgehead atoms. The van der Waals surface area contributed by atoms with Crippen LogP contribution in [-0.4, -0.2) is 38.7 Å². The summed E-state index contributed by atoms with van der Waals surface area (Å²) in [5, 5.41) is 4.32. The van der Waals surface area contributed by atoms with Crippen LogP contribution in [0.25, 0.3) is 5.82 Å². The summed E-state index contributed by atoms with van der Waals surface area (Å²) in [5.74, 6) is 0.183. The number of alkyl halides is 3. The molecule has 2 aromatic heterocycles. The quantitative estimate of drug-likeness (QED) is 0.632. The summed E-state index contributed by atoms with van der Waals surface area (Å²) in [7, 11) is 0. The van der Waals surface area contributed by atoms with E-state index in [1.807, 2.05) is 18.7 Å². The van der Waals surface area contributed by atoms with E-state index < -0.39 is 11.7 Å². The molecule has 0 N–H and O–H groups in total. The zero-order chi connectivity index (χ0) is 22.2. The van der Waals surface area contributed by atoms with Gasteiger partial charge in [-0.1, -0.05) is 33.1 Å². The standard InChI is InChI=1S/C23H29F3N4O/c1-16(2)20-18(15-28-30(20)19-7-6-17(14-27-19)23(24,25)26)21(31)29-12-10-22(11-13-29)8-4-3-5-9-22/h6-7,14-16H,3-5,8-13H2,1-2H3. The van der Waals surface area contributed by atoms with Crippen LogP contribution in [0.3, 0.4) is 0 Å². The summed E-state index contributed by atoms with van der Waals surface area (Å²) in [4.78, 5) is 19.2. The van der Waals surface area contributed by atoms with E-state index in [1.165, 1.54) is 49.0 Å². The molecule has 0 atom stereocenters. The molecule has 0 aromatic carbocycles. The highest BCUT2D eigenvalue weighted by Crippen LogP contribution is 2.44. The molecular formula is C23H29F3N4O. The highest BCUT2D eigenvalue weighted by Gasteiger charge is 2.38. The minimum atomic E-state index is -4.44. The Hall–Kier alpha value is -2.38. The predicted octanol–water partition coefficient (Wildman–Crippen LogP) is 5.60. The first-order chi connectivity index (χ1) is 14.7. The van der Waals surface area contributed by atoms with Gasteiger partial charge in [-0.15, -0.1) is 0 Å². The van der Waals surface area contributed by atoms with Crippen molar-refractivity contribution < 1.29 is 18.0 Å². The van der Waals surface area contributed by atoms with Gasteiger partial charge in [0.15, 0.2) is 5.82 Å². The van der Waals surface area contributed by atoms with Gasteiger partial charge in [0.05, 0.1) is 23.0 Å². The maximum absolute atomic E-state index is 13.3. The molecule has 2 fully saturated rings. The highest BCUT2D eigenvalue weighted by atomic mass is 19.4. The van der Waals surface area contributed by atoms with Gasteiger partial charge in [-0.2, -0.15) is 18.3 Å². The lowest BCUT2D eigenvalue weighted by Crippen LogP contribution is -2.44. The van der Waals surface area contributed by atoms with Gasteiger partial charge < -0.3 is 4.90 Å². The molecule has 5 nitrogen and oxygen atoms in total. The van der Waals surface area contributed by atoms with Gasteiger partial charge in [0.25, 0.3) is 5.91 Å². The summed E-state index contributed by atoms with van der Waals surface area (Å²) >= 11 is 0. The van der Waals surface area contributed by atoms with Gasteiger partial charge in [0, 0.05) is 19.3 Å². The lowest BCUT2D eigenvalue weighted by molar-refractivity contribution is -0.137. The van der Waals surface area contributed by atoms with E-state index in [4.69, 9.17) is 0 Å². The molecule has 2 aromatic rings. The van der Waals surface area contributed by atoms with Crippen molar-refractivity contribution in [2.45, 2.75) is 70.9 Å². The topological polar surface area (TPSA) is 51.0 Å². The minimum Gasteiger partial charge on any atom is -0.339 e. The molecule has 3 heterocycles. The molecule has 2 aliphatic rings. The van der Waals surface area contributed by atoms with Crippen LogP contribution in [-0.2, 0) is 6.18 Å². The Morgan fingerprint density at radius 1 is 1.03 bits per heavy atom. The van der Waals surface area contributed by atoms with Gasteiger partial charge in [0.1, 0.15) is 0 Å². The number of hydrogen-bond donors (Lipinski definition) is 0.